The number of nitrogen functional groups attached to an aromatic ring is 1. The molecule has 0 unspecified atom stereocenters. The van der Waals surface area contributed by atoms with E-state index >= 15 is 0 Å². The molecule has 3 heterocycles. The van der Waals surface area contributed by atoms with Crippen LogP contribution in [0.15, 0.2) is 36.4 Å². The number of hydrogen-bond acceptors (Lipinski definition) is 5. The molecule has 1 fully saturated rings. The molecule has 0 saturated carbocycles. The molecule has 6 nitrogen and oxygen atoms in total. The third kappa shape index (κ3) is 3.76. The summed E-state index contributed by atoms with van der Waals surface area (Å²) in [6.07, 6.45) is -4.67. The molecule has 2 atom stereocenters. The van der Waals surface area contributed by atoms with Gasteiger partial charge in [0.1, 0.15) is 11.6 Å². The average molecular weight is 475 g/mol. The second-order valence-corrected chi connectivity index (χ2v) is 8.53. The fraction of sp³-hybridized carbons (Fsp3) is 0.333. The Morgan fingerprint density at radius 2 is 1.85 bits per heavy atom. The number of carbonyl (C=O) groups excluding carboxylic acids is 1. The first-order chi connectivity index (χ1) is 16.1. The normalized spacial score (nSPS) is 20.6. The Morgan fingerprint density at radius 1 is 1.09 bits per heavy atom. The van der Waals surface area contributed by atoms with Crippen molar-refractivity contribution in [3.8, 4) is 0 Å². The zero-order valence-corrected chi connectivity index (χ0v) is 18.2. The number of rotatable bonds is 2. The molecule has 0 bridgehead atoms. The van der Waals surface area contributed by atoms with Crippen molar-refractivity contribution < 1.29 is 31.8 Å². The molecule has 178 valence electrons. The van der Waals surface area contributed by atoms with Crippen molar-refractivity contribution >= 4 is 22.6 Å². The van der Waals surface area contributed by atoms with Crippen LogP contribution in [-0.2, 0) is 28.9 Å². The van der Waals surface area contributed by atoms with Gasteiger partial charge in [-0.05, 0) is 42.8 Å². The van der Waals surface area contributed by atoms with E-state index in [4.69, 9.17) is 15.2 Å². The van der Waals surface area contributed by atoms with Gasteiger partial charge in [0.15, 0.2) is 0 Å². The minimum atomic E-state index is -4.67. The second-order valence-electron chi connectivity index (χ2n) is 8.53. The molecule has 2 aromatic carbocycles. The maximum absolute atomic E-state index is 14.8. The van der Waals surface area contributed by atoms with E-state index in [1.54, 1.807) is 25.1 Å². The molecule has 10 heteroatoms. The number of benzene rings is 2. The third-order valence-corrected chi connectivity index (χ3v) is 6.34. The van der Waals surface area contributed by atoms with Crippen molar-refractivity contribution in [2.75, 3.05) is 18.9 Å². The van der Waals surface area contributed by atoms with Gasteiger partial charge in [0.05, 0.1) is 49.6 Å². The van der Waals surface area contributed by atoms with Gasteiger partial charge in [0.2, 0.25) is 0 Å². The lowest BCUT2D eigenvalue weighted by molar-refractivity contribution is -0.137. The Morgan fingerprint density at radius 3 is 2.59 bits per heavy atom. The molecule has 1 amide bonds. The Kier molecular flexibility index (Phi) is 5.44. The number of nitrogens with two attached hydrogens (primary N) is 1. The van der Waals surface area contributed by atoms with Crippen molar-refractivity contribution in [3.05, 3.63) is 70.0 Å². The first-order valence-electron chi connectivity index (χ1n) is 10.7. The summed E-state index contributed by atoms with van der Waals surface area (Å²) in [6, 6.07) is 6.04. The number of pyridine rings is 1. The highest BCUT2D eigenvalue weighted by molar-refractivity contribution is 5.99. The molecule has 0 aliphatic carbocycles. The number of aromatic nitrogens is 1. The number of amides is 1. The van der Waals surface area contributed by atoms with Gasteiger partial charge in [-0.1, -0.05) is 6.07 Å². The number of hydrogen-bond donors (Lipinski definition) is 1. The quantitative estimate of drug-likeness (QED) is 0.548. The van der Waals surface area contributed by atoms with E-state index in [9.17, 15) is 22.4 Å². The highest BCUT2D eigenvalue weighted by Gasteiger charge is 2.37. The summed E-state index contributed by atoms with van der Waals surface area (Å²) >= 11 is 0. The number of alkyl halides is 3. The van der Waals surface area contributed by atoms with Crippen LogP contribution >= 0.6 is 0 Å². The summed E-state index contributed by atoms with van der Waals surface area (Å²) in [7, 11) is 0. The monoisotopic (exact) mass is 475 g/mol. The summed E-state index contributed by atoms with van der Waals surface area (Å²) in [5.41, 5.74) is 7.54. The first kappa shape index (κ1) is 22.5. The molecule has 1 saturated heterocycles. The standard InChI is InChI=1S/C24H21F4N3O3/c1-12-8-33-11-21(15-4-3-14(7-19(15)25)24(26,27)28)31(12)23(32)13-2-5-20-16(6-13)17-9-34-10-18(17)22(29)30-20/h2-7,12,21H,8-11H2,1H3,(H2,29,30)/t12-,21-/m0/s1. The number of morpholine rings is 1. The predicted octanol–water partition coefficient (Wildman–Crippen LogP) is 4.61. The van der Waals surface area contributed by atoms with Crippen molar-refractivity contribution in [2.24, 2.45) is 0 Å². The van der Waals surface area contributed by atoms with Crippen LogP contribution < -0.4 is 5.73 Å². The topological polar surface area (TPSA) is 77.7 Å². The first-order valence-corrected chi connectivity index (χ1v) is 10.7. The lowest BCUT2D eigenvalue weighted by Gasteiger charge is -2.41. The molecule has 2 aliphatic heterocycles. The van der Waals surface area contributed by atoms with Crippen LogP contribution in [0.2, 0.25) is 0 Å². The van der Waals surface area contributed by atoms with Crippen LogP contribution in [0.5, 0.6) is 0 Å². The fourth-order valence-electron chi connectivity index (χ4n) is 4.63. The molecule has 2 N–H and O–H groups in total. The van der Waals surface area contributed by atoms with Crippen molar-refractivity contribution in [2.45, 2.75) is 38.4 Å². The number of halogens is 4. The SMILES string of the molecule is C[C@H]1COC[C@@H](c2ccc(C(F)(F)F)cc2F)N1C(=O)c1ccc2nc(N)c3c(c2c1)COC3. The number of ether oxygens (including phenoxy) is 2. The Hall–Kier alpha value is -3.24. The summed E-state index contributed by atoms with van der Waals surface area (Å²) in [5, 5.41) is 0.741. The lowest BCUT2D eigenvalue weighted by Crippen LogP contribution is -2.49. The third-order valence-electron chi connectivity index (χ3n) is 6.34. The van der Waals surface area contributed by atoms with Crippen molar-refractivity contribution in [1.82, 2.24) is 9.88 Å². The summed E-state index contributed by atoms with van der Waals surface area (Å²) < 4.78 is 64.8. The summed E-state index contributed by atoms with van der Waals surface area (Å²) in [6.45, 7) is 2.63. The molecule has 0 radical (unpaired) electrons. The van der Waals surface area contributed by atoms with Gasteiger partial charge in [-0.3, -0.25) is 4.79 Å². The minimum Gasteiger partial charge on any atom is -0.383 e. The molecule has 3 aromatic rings. The van der Waals surface area contributed by atoms with E-state index in [1.165, 1.54) is 4.90 Å². The Labute approximate surface area is 192 Å². The van der Waals surface area contributed by atoms with Crippen molar-refractivity contribution in [3.63, 3.8) is 0 Å². The molecule has 2 aliphatic rings. The van der Waals surface area contributed by atoms with Crippen molar-refractivity contribution in [1.29, 1.82) is 0 Å². The number of fused-ring (bicyclic) bond motifs is 3. The largest absolute Gasteiger partial charge is 0.416 e. The number of carbonyl (C=O) groups is 1. The van der Waals surface area contributed by atoms with E-state index < -0.39 is 29.6 Å². The smallest absolute Gasteiger partial charge is 0.383 e. The van der Waals surface area contributed by atoms with Gasteiger partial charge in [-0.15, -0.1) is 0 Å². The Balaban J connectivity index is 1.54. The predicted molar refractivity (Wildman–Crippen MR) is 115 cm³/mol. The average Bonchev–Trinajstić information content (AvgIpc) is 3.29. The van der Waals surface area contributed by atoms with Gasteiger partial charge < -0.3 is 20.1 Å². The Bertz CT molecular complexity index is 1290. The molecule has 5 rings (SSSR count). The highest BCUT2D eigenvalue weighted by Crippen LogP contribution is 2.36. The van der Waals surface area contributed by atoms with E-state index in [2.05, 4.69) is 4.98 Å². The minimum absolute atomic E-state index is 0.0302. The summed E-state index contributed by atoms with van der Waals surface area (Å²) in [4.78, 5) is 19.5. The number of nitrogens with zero attached hydrogens (tertiary/aromatic N) is 2. The molecule has 34 heavy (non-hydrogen) atoms. The number of anilines is 1. The molecular weight excluding hydrogens is 454 g/mol. The van der Waals surface area contributed by atoms with E-state index in [-0.39, 0.29) is 24.7 Å². The van der Waals surface area contributed by atoms with Crippen LogP contribution in [0.4, 0.5) is 23.4 Å². The zero-order valence-electron chi connectivity index (χ0n) is 18.2. The fourth-order valence-corrected chi connectivity index (χ4v) is 4.63. The van der Waals surface area contributed by atoms with E-state index in [0.717, 1.165) is 28.6 Å². The van der Waals surface area contributed by atoms with Crippen LogP contribution in [0.3, 0.4) is 0 Å². The van der Waals surface area contributed by atoms with Gasteiger partial charge in [0.25, 0.3) is 5.91 Å². The van der Waals surface area contributed by atoms with Crippen LogP contribution in [0, 0.1) is 5.82 Å². The van der Waals surface area contributed by atoms with E-state index in [1.807, 2.05) is 0 Å². The zero-order chi connectivity index (χ0) is 24.2. The van der Waals surface area contributed by atoms with Gasteiger partial charge in [-0.2, -0.15) is 13.2 Å². The van der Waals surface area contributed by atoms with Crippen LogP contribution in [-0.4, -0.2) is 35.0 Å². The molecular formula is C24H21F4N3O3. The van der Waals surface area contributed by atoms with Gasteiger partial charge in [0, 0.05) is 22.1 Å². The maximum atomic E-state index is 14.8. The second kappa shape index (κ2) is 8.21. The molecule has 1 aromatic heterocycles. The van der Waals surface area contributed by atoms with E-state index in [0.29, 0.717) is 36.2 Å². The van der Waals surface area contributed by atoms with Gasteiger partial charge >= 0.3 is 6.18 Å². The lowest BCUT2D eigenvalue weighted by atomic mass is 9.97. The van der Waals surface area contributed by atoms with Crippen LogP contribution in [0.1, 0.15) is 45.6 Å². The van der Waals surface area contributed by atoms with Crippen LogP contribution in [0.25, 0.3) is 10.9 Å². The molecule has 0 spiro atoms. The van der Waals surface area contributed by atoms with Gasteiger partial charge in [-0.25, -0.2) is 9.37 Å². The highest BCUT2D eigenvalue weighted by atomic mass is 19.4. The maximum Gasteiger partial charge on any atom is 0.416 e. The summed E-state index contributed by atoms with van der Waals surface area (Å²) in [5.74, 6) is -1.03.